The van der Waals surface area contributed by atoms with E-state index in [9.17, 15) is 4.39 Å². The Morgan fingerprint density at radius 1 is 0.920 bits per heavy atom. The van der Waals surface area contributed by atoms with Crippen molar-refractivity contribution < 1.29 is 18.6 Å². The zero-order valence-electron chi connectivity index (χ0n) is 14.2. The average molecular weight is 359 g/mol. The van der Waals surface area contributed by atoms with Gasteiger partial charge < -0.3 is 14.2 Å². The first-order valence-electron chi connectivity index (χ1n) is 7.63. The molecule has 1 heterocycles. The van der Waals surface area contributed by atoms with Crippen LogP contribution in [0.3, 0.4) is 0 Å². The van der Waals surface area contributed by atoms with Crippen LogP contribution in [0.15, 0.2) is 41.8 Å². The molecule has 0 amide bonds. The van der Waals surface area contributed by atoms with Crippen LogP contribution in [0.5, 0.6) is 17.2 Å². The summed E-state index contributed by atoms with van der Waals surface area (Å²) < 4.78 is 29.4. The summed E-state index contributed by atoms with van der Waals surface area (Å²) in [4.78, 5) is 4.61. The van der Waals surface area contributed by atoms with Crippen LogP contribution in [0.25, 0.3) is 11.3 Å². The highest BCUT2D eigenvalue weighted by atomic mass is 32.1. The van der Waals surface area contributed by atoms with Gasteiger partial charge in [-0.05, 0) is 35.9 Å². The molecular weight excluding hydrogens is 341 g/mol. The number of nitrogens with zero attached hydrogens (tertiary/aromatic N) is 1. The number of hydrogen-bond donors (Lipinski definition) is 0. The summed E-state index contributed by atoms with van der Waals surface area (Å²) in [6.45, 7) is 0. The highest BCUT2D eigenvalue weighted by molar-refractivity contribution is 7.10. The summed E-state index contributed by atoms with van der Waals surface area (Å²) in [5.41, 5.74) is 2.55. The van der Waals surface area contributed by atoms with E-state index in [1.165, 1.54) is 13.2 Å². The van der Waals surface area contributed by atoms with Crippen molar-refractivity contribution in [2.45, 2.75) is 6.42 Å². The lowest BCUT2D eigenvalue weighted by Gasteiger charge is -2.08. The fourth-order valence-electron chi connectivity index (χ4n) is 2.52. The Hall–Kier alpha value is -2.60. The Balaban J connectivity index is 1.81. The molecule has 0 saturated carbocycles. The van der Waals surface area contributed by atoms with Gasteiger partial charge in [-0.1, -0.05) is 6.07 Å². The van der Waals surface area contributed by atoms with Crippen molar-refractivity contribution in [3.63, 3.8) is 0 Å². The molecule has 0 radical (unpaired) electrons. The van der Waals surface area contributed by atoms with Gasteiger partial charge in [-0.15, -0.1) is 11.3 Å². The van der Waals surface area contributed by atoms with E-state index in [0.29, 0.717) is 17.9 Å². The molecule has 0 unspecified atom stereocenters. The molecule has 0 spiro atoms. The second kappa shape index (κ2) is 7.53. The molecule has 0 aliphatic carbocycles. The van der Waals surface area contributed by atoms with Crippen LogP contribution in [0.4, 0.5) is 4.39 Å². The summed E-state index contributed by atoms with van der Waals surface area (Å²) >= 11 is 1.54. The monoisotopic (exact) mass is 359 g/mol. The Morgan fingerprint density at radius 2 is 1.64 bits per heavy atom. The molecule has 0 bridgehead atoms. The predicted molar refractivity (Wildman–Crippen MR) is 96.4 cm³/mol. The van der Waals surface area contributed by atoms with E-state index >= 15 is 0 Å². The van der Waals surface area contributed by atoms with Gasteiger partial charge in [-0.3, -0.25) is 0 Å². The van der Waals surface area contributed by atoms with Crippen molar-refractivity contribution in [1.29, 1.82) is 0 Å². The van der Waals surface area contributed by atoms with Gasteiger partial charge in [0.25, 0.3) is 0 Å². The molecule has 6 heteroatoms. The summed E-state index contributed by atoms with van der Waals surface area (Å²) in [7, 11) is 4.67. The van der Waals surface area contributed by atoms with Crippen LogP contribution in [-0.2, 0) is 6.42 Å². The third-order valence-corrected chi connectivity index (χ3v) is 4.65. The fourth-order valence-corrected chi connectivity index (χ4v) is 3.35. The SMILES string of the molecule is COc1ccc(-c2csc(Cc3ccc(OC)c(OC)c3)n2)cc1F. The molecule has 0 aliphatic rings. The van der Waals surface area contributed by atoms with E-state index in [4.69, 9.17) is 14.2 Å². The number of halogens is 1. The van der Waals surface area contributed by atoms with Crippen molar-refractivity contribution in [2.24, 2.45) is 0 Å². The molecule has 130 valence electrons. The lowest BCUT2D eigenvalue weighted by Crippen LogP contribution is -1.94. The first kappa shape index (κ1) is 17.2. The summed E-state index contributed by atoms with van der Waals surface area (Å²) in [5.74, 6) is 1.22. The second-order valence-electron chi connectivity index (χ2n) is 5.34. The minimum absolute atomic E-state index is 0.226. The number of thiazole rings is 1. The van der Waals surface area contributed by atoms with Crippen LogP contribution in [0.1, 0.15) is 10.6 Å². The van der Waals surface area contributed by atoms with Crippen LogP contribution in [0.2, 0.25) is 0 Å². The maximum Gasteiger partial charge on any atom is 0.165 e. The van der Waals surface area contributed by atoms with Gasteiger partial charge in [0.1, 0.15) is 0 Å². The number of benzene rings is 2. The Kier molecular flexibility index (Phi) is 5.19. The van der Waals surface area contributed by atoms with Gasteiger partial charge in [0.2, 0.25) is 0 Å². The predicted octanol–water partition coefficient (Wildman–Crippen LogP) is 4.57. The summed E-state index contributed by atoms with van der Waals surface area (Å²) in [5, 5.41) is 2.87. The van der Waals surface area contributed by atoms with Crippen molar-refractivity contribution >= 4 is 11.3 Å². The second-order valence-corrected chi connectivity index (χ2v) is 6.28. The number of ether oxygens (including phenoxy) is 3. The van der Waals surface area contributed by atoms with Crippen molar-refractivity contribution in [3.8, 4) is 28.5 Å². The third-order valence-electron chi connectivity index (χ3n) is 3.80. The van der Waals surface area contributed by atoms with Crippen LogP contribution < -0.4 is 14.2 Å². The van der Waals surface area contributed by atoms with Gasteiger partial charge in [0, 0.05) is 17.4 Å². The zero-order valence-corrected chi connectivity index (χ0v) is 15.0. The molecule has 25 heavy (non-hydrogen) atoms. The minimum atomic E-state index is -0.394. The molecule has 0 fully saturated rings. The molecule has 0 atom stereocenters. The quantitative estimate of drug-likeness (QED) is 0.647. The lowest BCUT2D eigenvalue weighted by atomic mass is 10.1. The topological polar surface area (TPSA) is 40.6 Å². The molecule has 4 nitrogen and oxygen atoms in total. The highest BCUT2D eigenvalue weighted by Crippen LogP contribution is 2.30. The standard InChI is InChI=1S/C19H18FNO3S/c1-22-16-7-5-13(10-14(16)20)15-11-25-19(21-15)9-12-4-6-17(23-2)18(8-12)24-3/h4-8,10-11H,9H2,1-3H3. The Morgan fingerprint density at radius 3 is 2.32 bits per heavy atom. The molecule has 3 rings (SSSR count). The normalized spacial score (nSPS) is 10.6. The maximum atomic E-state index is 13.9. The Labute approximate surface area is 149 Å². The van der Waals surface area contributed by atoms with Gasteiger partial charge in [0.05, 0.1) is 32.0 Å². The fraction of sp³-hybridized carbons (Fsp3) is 0.211. The maximum absolute atomic E-state index is 13.9. The number of aromatic nitrogens is 1. The first-order valence-corrected chi connectivity index (χ1v) is 8.51. The van der Waals surface area contributed by atoms with E-state index in [0.717, 1.165) is 21.8 Å². The molecule has 2 aromatic carbocycles. The van der Waals surface area contributed by atoms with Gasteiger partial charge in [0.15, 0.2) is 23.1 Å². The van der Waals surface area contributed by atoms with Crippen molar-refractivity contribution in [1.82, 2.24) is 4.98 Å². The van der Waals surface area contributed by atoms with Gasteiger partial charge in [-0.2, -0.15) is 0 Å². The number of methoxy groups -OCH3 is 3. The largest absolute Gasteiger partial charge is 0.494 e. The highest BCUT2D eigenvalue weighted by Gasteiger charge is 2.10. The molecule has 0 aliphatic heterocycles. The van der Waals surface area contributed by atoms with Crippen molar-refractivity contribution in [2.75, 3.05) is 21.3 Å². The van der Waals surface area contributed by atoms with E-state index in [-0.39, 0.29) is 5.75 Å². The zero-order chi connectivity index (χ0) is 17.8. The number of hydrogen-bond acceptors (Lipinski definition) is 5. The smallest absolute Gasteiger partial charge is 0.165 e. The first-order chi connectivity index (χ1) is 12.1. The van der Waals surface area contributed by atoms with E-state index in [1.54, 1.807) is 37.7 Å². The summed E-state index contributed by atoms with van der Waals surface area (Å²) in [6, 6.07) is 10.6. The van der Waals surface area contributed by atoms with Crippen molar-refractivity contribution in [3.05, 3.63) is 58.2 Å². The van der Waals surface area contributed by atoms with E-state index in [2.05, 4.69) is 4.98 Å². The van der Waals surface area contributed by atoms with Gasteiger partial charge in [-0.25, -0.2) is 9.37 Å². The lowest BCUT2D eigenvalue weighted by molar-refractivity contribution is 0.354. The average Bonchev–Trinajstić information content (AvgIpc) is 3.10. The Bertz CT molecular complexity index is 879. The van der Waals surface area contributed by atoms with Crippen LogP contribution >= 0.6 is 11.3 Å². The molecule has 0 N–H and O–H groups in total. The minimum Gasteiger partial charge on any atom is -0.494 e. The van der Waals surface area contributed by atoms with Crippen LogP contribution in [0, 0.1) is 5.82 Å². The number of rotatable bonds is 6. The van der Waals surface area contributed by atoms with Crippen LogP contribution in [-0.4, -0.2) is 26.3 Å². The molecule has 0 saturated heterocycles. The van der Waals surface area contributed by atoms with Gasteiger partial charge >= 0.3 is 0 Å². The third kappa shape index (κ3) is 3.74. The van der Waals surface area contributed by atoms with E-state index < -0.39 is 5.82 Å². The summed E-state index contributed by atoms with van der Waals surface area (Å²) in [6.07, 6.45) is 0.670. The molecule has 1 aromatic heterocycles. The molecular formula is C19H18FNO3S. The molecule has 3 aromatic rings. The van der Waals surface area contributed by atoms with E-state index in [1.807, 2.05) is 23.6 Å².